The van der Waals surface area contributed by atoms with E-state index in [0.717, 1.165) is 12.1 Å². The highest BCUT2D eigenvalue weighted by atomic mass is 35.5. The van der Waals surface area contributed by atoms with E-state index in [9.17, 15) is 18.0 Å². The van der Waals surface area contributed by atoms with Gasteiger partial charge in [-0.15, -0.1) is 0 Å². The minimum absolute atomic E-state index is 0.121. The van der Waals surface area contributed by atoms with Gasteiger partial charge in [-0.1, -0.05) is 11.6 Å². The van der Waals surface area contributed by atoms with Crippen LogP contribution < -0.4 is 15.4 Å². The van der Waals surface area contributed by atoms with Crippen LogP contribution in [0.4, 0.5) is 24.8 Å². The monoisotopic (exact) mass is 473 g/mol. The first-order valence-electron chi connectivity index (χ1n) is 9.49. The van der Waals surface area contributed by atoms with E-state index in [1.165, 1.54) is 31.6 Å². The molecule has 2 heterocycles. The number of hydrogen-bond donors (Lipinski definition) is 2. The van der Waals surface area contributed by atoms with Crippen molar-refractivity contribution in [3.63, 3.8) is 0 Å². The number of ether oxygens (including phenoxy) is 1. The number of halogens is 4. The van der Waals surface area contributed by atoms with Crippen molar-refractivity contribution in [1.29, 1.82) is 0 Å². The largest absolute Gasteiger partial charge is 0.457 e. The third kappa shape index (κ3) is 5.12. The highest BCUT2D eigenvalue weighted by Crippen LogP contribution is 2.36. The molecule has 0 radical (unpaired) electrons. The van der Waals surface area contributed by atoms with Gasteiger partial charge in [0, 0.05) is 36.6 Å². The molecule has 0 bridgehead atoms. The van der Waals surface area contributed by atoms with Crippen molar-refractivity contribution in [2.75, 3.05) is 12.4 Å². The van der Waals surface area contributed by atoms with Crippen molar-refractivity contribution in [3.05, 3.63) is 77.2 Å². The number of fused-ring (bicyclic) bond motifs is 1. The minimum Gasteiger partial charge on any atom is -0.457 e. The van der Waals surface area contributed by atoms with Gasteiger partial charge in [-0.3, -0.25) is 9.78 Å². The second-order valence-electron chi connectivity index (χ2n) is 6.79. The summed E-state index contributed by atoms with van der Waals surface area (Å²) in [7, 11) is 1.51. The molecule has 0 saturated heterocycles. The van der Waals surface area contributed by atoms with Crippen molar-refractivity contribution in [1.82, 2.24) is 20.3 Å². The van der Waals surface area contributed by atoms with E-state index in [1.54, 1.807) is 24.3 Å². The lowest BCUT2D eigenvalue weighted by atomic mass is 10.2. The van der Waals surface area contributed by atoms with Crippen molar-refractivity contribution < 1.29 is 22.7 Å². The quantitative estimate of drug-likeness (QED) is 0.392. The number of amides is 1. The lowest BCUT2D eigenvalue weighted by molar-refractivity contribution is -0.137. The number of benzene rings is 2. The maximum atomic E-state index is 13.1. The van der Waals surface area contributed by atoms with Crippen molar-refractivity contribution in [2.45, 2.75) is 6.18 Å². The van der Waals surface area contributed by atoms with Crippen LogP contribution in [0.2, 0.25) is 5.02 Å². The van der Waals surface area contributed by atoms with Crippen LogP contribution in [0.15, 0.2) is 60.9 Å². The number of rotatable bonds is 5. The topological polar surface area (TPSA) is 89.0 Å². The molecular weight excluding hydrogens is 459 g/mol. The second-order valence-corrected chi connectivity index (χ2v) is 7.20. The molecule has 0 atom stereocenters. The minimum atomic E-state index is -4.58. The zero-order valence-electron chi connectivity index (χ0n) is 16.9. The number of carbonyl (C=O) groups excluding carboxylic acids is 1. The van der Waals surface area contributed by atoms with Crippen LogP contribution in [0.3, 0.4) is 0 Å². The molecule has 0 aliphatic rings. The number of alkyl halides is 3. The van der Waals surface area contributed by atoms with Gasteiger partial charge < -0.3 is 15.4 Å². The van der Waals surface area contributed by atoms with E-state index < -0.39 is 16.8 Å². The molecule has 0 aliphatic carbocycles. The summed E-state index contributed by atoms with van der Waals surface area (Å²) in [6, 6.07) is 11.6. The molecule has 0 saturated carbocycles. The molecule has 0 fully saturated rings. The Morgan fingerprint density at radius 3 is 2.58 bits per heavy atom. The third-order valence-corrected chi connectivity index (χ3v) is 4.84. The molecule has 2 aromatic carbocycles. The Morgan fingerprint density at radius 1 is 1.03 bits per heavy atom. The van der Waals surface area contributed by atoms with E-state index in [-0.39, 0.29) is 23.2 Å². The van der Waals surface area contributed by atoms with E-state index in [2.05, 4.69) is 25.6 Å². The zero-order chi connectivity index (χ0) is 23.6. The molecular formula is C22H15ClF3N5O2. The molecule has 0 aliphatic heterocycles. The lowest BCUT2D eigenvalue weighted by Crippen LogP contribution is -2.18. The van der Waals surface area contributed by atoms with Gasteiger partial charge in [-0.05, 0) is 42.5 Å². The summed E-state index contributed by atoms with van der Waals surface area (Å²) in [6.45, 7) is 0. The van der Waals surface area contributed by atoms with Gasteiger partial charge in [0.15, 0.2) is 0 Å². The Kier molecular flexibility index (Phi) is 6.01. The lowest BCUT2D eigenvalue weighted by Gasteiger charge is -2.12. The van der Waals surface area contributed by atoms with Gasteiger partial charge in [-0.2, -0.15) is 13.2 Å². The molecule has 4 aromatic rings. The molecule has 0 spiro atoms. The Morgan fingerprint density at radius 2 is 1.82 bits per heavy atom. The Hall–Kier alpha value is -3.92. The van der Waals surface area contributed by atoms with Crippen molar-refractivity contribution >= 4 is 40.0 Å². The van der Waals surface area contributed by atoms with Gasteiger partial charge in [0.05, 0.1) is 16.1 Å². The average Bonchev–Trinajstić information content (AvgIpc) is 2.79. The maximum absolute atomic E-state index is 13.1. The normalized spacial score (nSPS) is 11.3. The van der Waals surface area contributed by atoms with Crippen LogP contribution in [-0.2, 0) is 6.18 Å². The molecule has 11 heteroatoms. The van der Waals surface area contributed by atoms with Crippen LogP contribution >= 0.6 is 11.6 Å². The number of nitrogens with zero attached hydrogens (tertiary/aromatic N) is 3. The molecule has 0 unspecified atom stereocenters. The standard InChI is InChI=1S/C22H15ClF3N5O2/c1-27-20(32)19-10-15(6-7-28-19)33-14-3-5-18-12(8-14)11-29-21(31-18)30-13-2-4-17(23)16(9-13)22(24,25)26/h2-11H,1H3,(H,27,32)(H,29,30,31). The summed E-state index contributed by atoms with van der Waals surface area (Å²) in [5, 5.41) is 5.50. The molecule has 2 aromatic heterocycles. The summed E-state index contributed by atoms with van der Waals surface area (Å²) >= 11 is 5.65. The Labute approximate surface area is 190 Å². The maximum Gasteiger partial charge on any atom is 0.417 e. The van der Waals surface area contributed by atoms with Crippen molar-refractivity contribution in [2.24, 2.45) is 0 Å². The molecule has 1 amide bonds. The fourth-order valence-corrected chi connectivity index (χ4v) is 3.17. The van der Waals surface area contributed by atoms with Gasteiger partial charge in [0.2, 0.25) is 5.95 Å². The summed E-state index contributed by atoms with van der Waals surface area (Å²) in [6.07, 6.45) is -1.60. The number of anilines is 2. The van der Waals surface area contributed by atoms with E-state index in [1.807, 2.05) is 0 Å². The average molecular weight is 474 g/mol. The third-order valence-electron chi connectivity index (χ3n) is 4.51. The Balaban J connectivity index is 1.55. The second kappa shape index (κ2) is 8.91. The molecule has 2 N–H and O–H groups in total. The number of nitrogens with one attached hydrogen (secondary N) is 2. The first-order chi connectivity index (χ1) is 15.7. The fourth-order valence-electron chi connectivity index (χ4n) is 2.95. The first-order valence-corrected chi connectivity index (χ1v) is 9.87. The van der Waals surface area contributed by atoms with Crippen molar-refractivity contribution in [3.8, 4) is 11.5 Å². The van der Waals surface area contributed by atoms with E-state index >= 15 is 0 Å². The van der Waals surface area contributed by atoms with Gasteiger partial charge in [0.1, 0.15) is 17.2 Å². The van der Waals surface area contributed by atoms with Crippen LogP contribution in [0, 0.1) is 0 Å². The number of aromatic nitrogens is 3. The number of pyridine rings is 1. The number of hydrogen-bond acceptors (Lipinski definition) is 6. The van der Waals surface area contributed by atoms with Crippen LogP contribution in [0.25, 0.3) is 10.9 Å². The predicted molar refractivity (Wildman–Crippen MR) is 117 cm³/mol. The number of carbonyl (C=O) groups is 1. The summed E-state index contributed by atoms with van der Waals surface area (Å²) in [5.41, 5.74) is -0.0422. The zero-order valence-corrected chi connectivity index (χ0v) is 17.7. The SMILES string of the molecule is CNC(=O)c1cc(Oc2ccc3nc(Nc4ccc(Cl)c(C(F)(F)F)c4)ncc3c2)ccn1. The molecule has 33 heavy (non-hydrogen) atoms. The van der Waals surface area contributed by atoms with Gasteiger partial charge in [-0.25, -0.2) is 9.97 Å². The van der Waals surface area contributed by atoms with Crippen LogP contribution in [0.5, 0.6) is 11.5 Å². The summed E-state index contributed by atoms with van der Waals surface area (Å²) < 4.78 is 45.0. The fraction of sp³-hybridized carbons (Fsp3) is 0.0909. The first kappa shape index (κ1) is 22.3. The van der Waals surface area contributed by atoms with Crippen LogP contribution in [-0.4, -0.2) is 27.9 Å². The summed E-state index contributed by atoms with van der Waals surface area (Å²) in [5.74, 6) is 0.685. The van der Waals surface area contributed by atoms with Crippen LogP contribution in [0.1, 0.15) is 16.1 Å². The predicted octanol–water partition coefficient (Wildman–Crippen LogP) is 5.59. The van der Waals surface area contributed by atoms with E-state index in [0.29, 0.717) is 22.4 Å². The molecule has 4 rings (SSSR count). The summed E-state index contributed by atoms with van der Waals surface area (Å²) in [4.78, 5) is 24.2. The van der Waals surface area contributed by atoms with Gasteiger partial charge >= 0.3 is 6.18 Å². The smallest absolute Gasteiger partial charge is 0.417 e. The highest BCUT2D eigenvalue weighted by molar-refractivity contribution is 6.31. The molecule has 168 valence electrons. The van der Waals surface area contributed by atoms with E-state index in [4.69, 9.17) is 16.3 Å². The molecule has 7 nitrogen and oxygen atoms in total. The Bertz CT molecular complexity index is 1350. The highest BCUT2D eigenvalue weighted by Gasteiger charge is 2.33. The van der Waals surface area contributed by atoms with Gasteiger partial charge in [0.25, 0.3) is 5.91 Å².